The van der Waals surface area contributed by atoms with Gasteiger partial charge < -0.3 is 5.32 Å². The predicted molar refractivity (Wildman–Crippen MR) is 120 cm³/mol. The summed E-state index contributed by atoms with van der Waals surface area (Å²) in [6.45, 7) is 0. The lowest BCUT2D eigenvalue weighted by Gasteiger charge is -2.18. The van der Waals surface area contributed by atoms with Crippen molar-refractivity contribution in [3.63, 3.8) is 0 Å². The Balaban J connectivity index is 1.65. The molecule has 1 fully saturated rings. The first-order chi connectivity index (χ1) is 14.3. The number of nitrogens with zero attached hydrogens (tertiary/aromatic N) is 2. The predicted octanol–water partition coefficient (Wildman–Crippen LogP) is 6.09. The van der Waals surface area contributed by atoms with Crippen molar-refractivity contribution in [1.29, 1.82) is 0 Å². The second kappa shape index (κ2) is 9.55. The molecule has 0 saturated heterocycles. The van der Waals surface area contributed by atoms with E-state index in [1.807, 2.05) is 53.2 Å². The zero-order valence-corrected chi connectivity index (χ0v) is 16.9. The Kier molecular flexibility index (Phi) is 6.40. The van der Waals surface area contributed by atoms with Crippen LogP contribution in [0.4, 0.5) is 5.69 Å². The van der Waals surface area contributed by atoms with Gasteiger partial charge in [0, 0.05) is 17.7 Å². The van der Waals surface area contributed by atoms with Gasteiger partial charge in [-0.15, -0.1) is 0 Å². The van der Waals surface area contributed by atoms with Crippen LogP contribution in [0.1, 0.15) is 56.9 Å². The third kappa shape index (κ3) is 4.76. The zero-order valence-electron chi connectivity index (χ0n) is 16.9. The van der Waals surface area contributed by atoms with Crippen molar-refractivity contribution in [2.24, 2.45) is 5.92 Å². The number of allylic oxidation sites excluding steroid dienone is 8. The highest BCUT2D eigenvalue weighted by molar-refractivity contribution is 5.99. The van der Waals surface area contributed by atoms with Crippen LogP contribution in [-0.2, 0) is 4.79 Å². The lowest BCUT2D eigenvalue weighted by Crippen LogP contribution is -2.24. The minimum atomic E-state index is 0.0913. The Morgan fingerprint density at radius 1 is 0.966 bits per heavy atom. The fourth-order valence-corrected chi connectivity index (χ4v) is 4.25. The summed E-state index contributed by atoms with van der Waals surface area (Å²) >= 11 is 0. The first-order valence-electron chi connectivity index (χ1n) is 10.8. The maximum absolute atomic E-state index is 13.2. The van der Waals surface area contributed by atoms with E-state index < -0.39 is 0 Å². The van der Waals surface area contributed by atoms with Gasteiger partial charge >= 0.3 is 0 Å². The Bertz CT molecular complexity index is 967. The van der Waals surface area contributed by atoms with Gasteiger partial charge in [-0.25, -0.2) is 4.52 Å². The average Bonchev–Trinajstić information content (AvgIpc) is 3.21. The standard InChI is InChI=1S/C25H29N3O/c29-25(21-15-10-4-1-2-5-11-16-21)27-22-19-26-28-18-12-17-23(28)24(22)20-13-8-6-3-7-9-14-20/h3,6-9,12-14,17-19,21H,1-2,4-5,10-11,15-16H2,(H,27,29)/b6-3-,7-3?,8-6?,9-7-,13-8-,14-9?,20-13?,20-14+. The van der Waals surface area contributed by atoms with E-state index in [1.165, 1.54) is 25.7 Å². The van der Waals surface area contributed by atoms with Gasteiger partial charge in [-0.3, -0.25) is 4.79 Å². The molecule has 1 amide bonds. The highest BCUT2D eigenvalue weighted by Gasteiger charge is 2.21. The van der Waals surface area contributed by atoms with Crippen molar-refractivity contribution in [2.75, 3.05) is 5.32 Å². The summed E-state index contributed by atoms with van der Waals surface area (Å²) in [6, 6.07) is 4.03. The third-order valence-corrected chi connectivity index (χ3v) is 5.83. The van der Waals surface area contributed by atoms with Crippen molar-refractivity contribution >= 4 is 22.7 Å². The first kappa shape index (κ1) is 19.4. The molecule has 2 aliphatic carbocycles. The average molecular weight is 388 g/mol. The smallest absolute Gasteiger partial charge is 0.227 e. The van der Waals surface area contributed by atoms with Crippen LogP contribution in [0.15, 0.2) is 67.1 Å². The van der Waals surface area contributed by atoms with Crippen LogP contribution in [0, 0.1) is 5.92 Å². The lowest BCUT2D eigenvalue weighted by molar-refractivity contribution is -0.120. The molecular weight excluding hydrogens is 358 g/mol. The van der Waals surface area contributed by atoms with Crippen molar-refractivity contribution in [1.82, 2.24) is 9.61 Å². The summed E-state index contributed by atoms with van der Waals surface area (Å²) in [6.07, 6.45) is 27.3. The van der Waals surface area contributed by atoms with Gasteiger partial charge in [-0.05, 0) is 30.5 Å². The van der Waals surface area contributed by atoms with Crippen molar-refractivity contribution in [2.45, 2.75) is 51.4 Å². The van der Waals surface area contributed by atoms with Crippen molar-refractivity contribution in [3.05, 3.63) is 72.6 Å². The van der Waals surface area contributed by atoms with Crippen LogP contribution in [0.2, 0.25) is 0 Å². The van der Waals surface area contributed by atoms with Crippen LogP contribution in [-0.4, -0.2) is 15.5 Å². The molecule has 4 rings (SSSR count). The highest BCUT2D eigenvalue weighted by Crippen LogP contribution is 2.31. The maximum atomic E-state index is 13.2. The van der Waals surface area contributed by atoms with Crippen LogP contribution in [0.3, 0.4) is 0 Å². The molecule has 4 nitrogen and oxygen atoms in total. The molecule has 0 radical (unpaired) electrons. The summed E-state index contributed by atoms with van der Waals surface area (Å²) in [4.78, 5) is 13.2. The molecule has 2 aromatic rings. The summed E-state index contributed by atoms with van der Waals surface area (Å²) < 4.78 is 1.86. The molecule has 0 bridgehead atoms. The molecule has 0 spiro atoms. The summed E-state index contributed by atoms with van der Waals surface area (Å²) in [5.74, 6) is 0.227. The van der Waals surface area contributed by atoms with E-state index in [1.54, 1.807) is 6.20 Å². The Morgan fingerprint density at radius 2 is 1.69 bits per heavy atom. The van der Waals surface area contributed by atoms with E-state index in [9.17, 15) is 4.79 Å². The van der Waals surface area contributed by atoms with Gasteiger partial charge in [-0.2, -0.15) is 5.10 Å². The Hall–Kier alpha value is -2.88. The molecule has 4 heteroatoms. The van der Waals surface area contributed by atoms with Gasteiger partial charge in [0.05, 0.1) is 17.4 Å². The molecule has 150 valence electrons. The fourth-order valence-electron chi connectivity index (χ4n) is 4.25. The molecule has 0 atom stereocenters. The SMILES string of the molecule is O=C(Nc1cnn2cccc2c1C1=C/C=C\C=C/C=C\1)C1CCCCCCCC1. The normalized spacial score (nSPS) is 23.5. The van der Waals surface area contributed by atoms with Crippen LogP contribution >= 0.6 is 0 Å². The topological polar surface area (TPSA) is 46.4 Å². The molecule has 0 aliphatic heterocycles. The molecule has 0 unspecified atom stereocenters. The van der Waals surface area contributed by atoms with Gasteiger partial charge in [0.1, 0.15) is 0 Å². The number of rotatable bonds is 3. The van der Waals surface area contributed by atoms with E-state index in [2.05, 4.69) is 22.6 Å². The van der Waals surface area contributed by atoms with Gasteiger partial charge in [-0.1, -0.05) is 81.1 Å². The van der Waals surface area contributed by atoms with Crippen LogP contribution < -0.4 is 5.32 Å². The van der Waals surface area contributed by atoms with E-state index in [4.69, 9.17) is 0 Å². The minimum absolute atomic E-state index is 0.0913. The monoisotopic (exact) mass is 387 g/mol. The Labute approximate surface area is 172 Å². The number of carbonyl (C=O) groups is 1. The maximum Gasteiger partial charge on any atom is 0.227 e. The summed E-state index contributed by atoms with van der Waals surface area (Å²) in [5.41, 5.74) is 3.85. The van der Waals surface area contributed by atoms with Gasteiger partial charge in [0.25, 0.3) is 0 Å². The Morgan fingerprint density at radius 3 is 2.52 bits per heavy atom. The molecule has 29 heavy (non-hydrogen) atoms. The van der Waals surface area contributed by atoms with Crippen molar-refractivity contribution in [3.8, 4) is 0 Å². The second-order valence-electron chi connectivity index (χ2n) is 7.91. The van der Waals surface area contributed by atoms with E-state index in [-0.39, 0.29) is 11.8 Å². The number of amides is 1. The van der Waals surface area contributed by atoms with Crippen LogP contribution in [0.5, 0.6) is 0 Å². The highest BCUT2D eigenvalue weighted by atomic mass is 16.1. The van der Waals surface area contributed by atoms with E-state index in [0.29, 0.717) is 0 Å². The largest absolute Gasteiger partial charge is 0.324 e. The third-order valence-electron chi connectivity index (χ3n) is 5.83. The van der Waals surface area contributed by atoms with Crippen LogP contribution in [0.25, 0.3) is 11.1 Å². The molecule has 2 aromatic heterocycles. The lowest BCUT2D eigenvalue weighted by atomic mass is 9.95. The number of hydrogen-bond acceptors (Lipinski definition) is 2. The number of carbonyl (C=O) groups excluding carboxylic acids is 1. The van der Waals surface area contributed by atoms with Crippen molar-refractivity contribution < 1.29 is 4.79 Å². The van der Waals surface area contributed by atoms with Gasteiger partial charge in [0.15, 0.2) is 0 Å². The second-order valence-corrected chi connectivity index (χ2v) is 7.91. The quantitative estimate of drug-likeness (QED) is 0.693. The molecule has 1 saturated carbocycles. The molecule has 2 aliphatic rings. The summed E-state index contributed by atoms with van der Waals surface area (Å²) in [5, 5.41) is 7.74. The van der Waals surface area contributed by atoms with E-state index in [0.717, 1.165) is 48.0 Å². The van der Waals surface area contributed by atoms with Gasteiger partial charge in [0.2, 0.25) is 5.91 Å². The number of hydrogen-bond donors (Lipinski definition) is 1. The van der Waals surface area contributed by atoms with E-state index >= 15 is 0 Å². The zero-order chi connectivity index (χ0) is 19.9. The molecule has 0 aromatic carbocycles. The minimum Gasteiger partial charge on any atom is -0.324 e. The molecule has 1 N–H and O–H groups in total. The summed E-state index contributed by atoms with van der Waals surface area (Å²) in [7, 11) is 0. The number of aromatic nitrogens is 2. The fraction of sp³-hybridized carbons (Fsp3) is 0.360. The first-order valence-corrected chi connectivity index (χ1v) is 10.8. The molecular formula is C25H29N3O. The number of nitrogens with one attached hydrogen (secondary N) is 1. The number of anilines is 1. The molecule has 2 heterocycles. The number of fused-ring (bicyclic) bond motifs is 1.